The summed E-state index contributed by atoms with van der Waals surface area (Å²) in [7, 11) is 0. The molecule has 1 saturated heterocycles. The lowest BCUT2D eigenvalue weighted by atomic mass is 9.93. The summed E-state index contributed by atoms with van der Waals surface area (Å²) in [6.07, 6.45) is 1.63. The predicted molar refractivity (Wildman–Crippen MR) is 72.7 cm³/mol. The van der Waals surface area contributed by atoms with E-state index in [0.29, 0.717) is 13.1 Å². The van der Waals surface area contributed by atoms with Gasteiger partial charge in [-0.1, -0.05) is 0 Å². The number of rotatable bonds is 3. The van der Waals surface area contributed by atoms with Gasteiger partial charge in [-0.3, -0.25) is 9.48 Å². The van der Waals surface area contributed by atoms with Crippen LogP contribution in [0.5, 0.6) is 0 Å². The van der Waals surface area contributed by atoms with Crippen molar-refractivity contribution in [2.24, 2.45) is 5.92 Å². The van der Waals surface area contributed by atoms with Crippen molar-refractivity contribution in [2.45, 2.75) is 46.3 Å². The molecule has 0 spiro atoms. The zero-order valence-electron chi connectivity index (χ0n) is 12.0. The molecule has 2 unspecified atom stereocenters. The van der Waals surface area contributed by atoms with E-state index >= 15 is 0 Å². The summed E-state index contributed by atoms with van der Waals surface area (Å²) < 4.78 is 1.75. The predicted octanol–water partition coefficient (Wildman–Crippen LogP) is 1.12. The SMILES string of the molecule is Cc1cc(C)n(CC(=O)N2CCCC(C(C)O)C2)n1. The Hall–Kier alpha value is -1.36. The number of aliphatic hydroxyl groups excluding tert-OH is 1. The monoisotopic (exact) mass is 265 g/mol. The number of aromatic nitrogens is 2. The molecule has 2 atom stereocenters. The Bertz CT molecular complexity index is 454. The fraction of sp³-hybridized carbons (Fsp3) is 0.714. The average Bonchev–Trinajstić information content (AvgIpc) is 2.68. The van der Waals surface area contributed by atoms with Crippen molar-refractivity contribution >= 4 is 5.91 Å². The highest BCUT2D eigenvalue weighted by Gasteiger charge is 2.26. The third kappa shape index (κ3) is 3.35. The minimum Gasteiger partial charge on any atom is -0.393 e. The highest BCUT2D eigenvalue weighted by Crippen LogP contribution is 2.20. The van der Waals surface area contributed by atoms with E-state index in [-0.39, 0.29) is 17.9 Å². The van der Waals surface area contributed by atoms with Gasteiger partial charge in [0.1, 0.15) is 6.54 Å². The molecule has 1 N–H and O–H groups in total. The molecule has 1 fully saturated rings. The van der Waals surface area contributed by atoms with Crippen LogP contribution in [0, 0.1) is 19.8 Å². The van der Waals surface area contributed by atoms with Gasteiger partial charge in [0, 0.05) is 24.7 Å². The summed E-state index contributed by atoms with van der Waals surface area (Å²) in [4.78, 5) is 14.1. The molecule has 0 radical (unpaired) electrons. The standard InChI is InChI=1S/C14H23N3O2/c1-10-7-11(2)17(15-10)9-14(19)16-6-4-5-13(8-16)12(3)18/h7,12-13,18H,4-6,8-9H2,1-3H3. The molecule has 1 aromatic rings. The zero-order valence-corrected chi connectivity index (χ0v) is 12.0. The van der Waals surface area contributed by atoms with E-state index in [1.165, 1.54) is 0 Å². The van der Waals surface area contributed by atoms with Crippen molar-refractivity contribution in [3.05, 3.63) is 17.5 Å². The number of carbonyl (C=O) groups is 1. The van der Waals surface area contributed by atoms with Gasteiger partial charge in [-0.25, -0.2) is 0 Å². The summed E-state index contributed by atoms with van der Waals surface area (Å²) >= 11 is 0. The summed E-state index contributed by atoms with van der Waals surface area (Å²) in [6, 6.07) is 1.97. The van der Waals surface area contributed by atoms with Crippen molar-refractivity contribution in [1.29, 1.82) is 0 Å². The lowest BCUT2D eigenvalue weighted by Gasteiger charge is -2.34. The molecule has 2 heterocycles. The van der Waals surface area contributed by atoms with E-state index < -0.39 is 0 Å². The maximum atomic E-state index is 12.3. The van der Waals surface area contributed by atoms with Gasteiger partial charge in [0.2, 0.25) is 5.91 Å². The van der Waals surface area contributed by atoms with Crippen LogP contribution in [0.3, 0.4) is 0 Å². The normalized spacial score (nSPS) is 21.5. The molecule has 1 aliphatic heterocycles. The van der Waals surface area contributed by atoms with E-state index in [1.807, 2.05) is 24.8 Å². The van der Waals surface area contributed by atoms with Gasteiger partial charge in [-0.2, -0.15) is 5.10 Å². The van der Waals surface area contributed by atoms with Gasteiger partial charge in [0.15, 0.2) is 0 Å². The van der Waals surface area contributed by atoms with E-state index in [0.717, 1.165) is 30.8 Å². The highest BCUT2D eigenvalue weighted by atomic mass is 16.3. The van der Waals surface area contributed by atoms with Crippen molar-refractivity contribution < 1.29 is 9.90 Å². The van der Waals surface area contributed by atoms with Gasteiger partial charge in [-0.15, -0.1) is 0 Å². The Kier molecular flexibility index (Phi) is 4.24. The number of likely N-dealkylation sites (tertiary alicyclic amines) is 1. The Morgan fingerprint density at radius 3 is 2.89 bits per heavy atom. The van der Waals surface area contributed by atoms with Crippen LogP contribution in [0.1, 0.15) is 31.2 Å². The number of nitrogens with zero attached hydrogens (tertiary/aromatic N) is 3. The van der Waals surface area contributed by atoms with Gasteiger partial charge >= 0.3 is 0 Å². The molecule has 19 heavy (non-hydrogen) atoms. The van der Waals surface area contributed by atoms with Crippen LogP contribution in [-0.2, 0) is 11.3 Å². The lowest BCUT2D eigenvalue weighted by molar-refractivity contribution is -0.134. The third-order valence-electron chi connectivity index (χ3n) is 3.88. The minimum absolute atomic E-state index is 0.0940. The quantitative estimate of drug-likeness (QED) is 0.891. The molecule has 0 aliphatic carbocycles. The molecule has 2 rings (SSSR count). The van der Waals surface area contributed by atoms with Crippen LogP contribution in [0.4, 0.5) is 0 Å². The fourth-order valence-corrected chi connectivity index (χ4v) is 2.69. The van der Waals surface area contributed by atoms with E-state index in [2.05, 4.69) is 5.10 Å². The minimum atomic E-state index is -0.343. The van der Waals surface area contributed by atoms with Crippen molar-refractivity contribution in [2.75, 3.05) is 13.1 Å². The number of hydrogen-bond acceptors (Lipinski definition) is 3. The second-order valence-corrected chi connectivity index (χ2v) is 5.57. The Labute approximate surface area is 114 Å². The van der Waals surface area contributed by atoms with Gasteiger partial charge < -0.3 is 10.0 Å². The van der Waals surface area contributed by atoms with Crippen LogP contribution >= 0.6 is 0 Å². The summed E-state index contributed by atoms with van der Waals surface area (Å²) in [5, 5.41) is 14.0. The highest BCUT2D eigenvalue weighted by molar-refractivity contribution is 5.76. The number of piperidine rings is 1. The second-order valence-electron chi connectivity index (χ2n) is 5.57. The molecule has 5 nitrogen and oxygen atoms in total. The molecule has 5 heteroatoms. The molecular weight excluding hydrogens is 242 g/mol. The zero-order chi connectivity index (χ0) is 14.0. The number of carbonyl (C=O) groups excluding carboxylic acids is 1. The van der Waals surface area contributed by atoms with Gasteiger partial charge in [-0.05, 0) is 39.7 Å². The first-order chi connectivity index (χ1) is 8.97. The summed E-state index contributed by atoms with van der Waals surface area (Å²) in [6.45, 7) is 7.45. The second kappa shape index (κ2) is 5.74. The number of hydrogen-bond donors (Lipinski definition) is 1. The molecule has 1 aromatic heterocycles. The maximum Gasteiger partial charge on any atom is 0.244 e. The van der Waals surface area contributed by atoms with Gasteiger partial charge in [0.05, 0.1) is 11.8 Å². The largest absolute Gasteiger partial charge is 0.393 e. The van der Waals surface area contributed by atoms with Crippen LogP contribution in [-0.4, -0.2) is 44.9 Å². The molecule has 1 aliphatic rings. The summed E-state index contributed by atoms with van der Waals surface area (Å²) in [5.74, 6) is 0.301. The van der Waals surface area contributed by atoms with Crippen molar-refractivity contribution in [3.63, 3.8) is 0 Å². The van der Waals surface area contributed by atoms with Crippen LogP contribution < -0.4 is 0 Å². The average molecular weight is 265 g/mol. The maximum absolute atomic E-state index is 12.3. The Morgan fingerprint density at radius 1 is 1.58 bits per heavy atom. The molecule has 1 amide bonds. The molecule has 106 valence electrons. The Morgan fingerprint density at radius 2 is 2.32 bits per heavy atom. The molecule has 0 aromatic carbocycles. The van der Waals surface area contributed by atoms with Crippen LogP contribution in [0.25, 0.3) is 0 Å². The summed E-state index contributed by atoms with van der Waals surface area (Å²) in [5.41, 5.74) is 1.95. The van der Waals surface area contributed by atoms with Crippen molar-refractivity contribution in [3.8, 4) is 0 Å². The van der Waals surface area contributed by atoms with Gasteiger partial charge in [0.25, 0.3) is 0 Å². The smallest absolute Gasteiger partial charge is 0.244 e. The molecular formula is C14H23N3O2. The fourth-order valence-electron chi connectivity index (χ4n) is 2.69. The topological polar surface area (TPSA) is 58.4 Å². The Balaban J connectivity index is 1.98. The van der Waals surface area contributed by atoms with Crippen LogP contribution in [0.15, 0.2) is 6.07 Å². The van der Waals surface area contributed by atoms with Crippen LogP contribution in [0.2, 0.25) is 0 Å². The third-order valence-corrected chi connectivity index (χ3v) is 3.88. The molecule has 0 saturated carbocycles. The first-order valence-electron chi connectivity index (χ1n) is 6.94. The number of aliphatic hydroxyl groups is 1. The van der Waals surface area contributed by atoms with E-state index in [4.69, 9.17) is 0 Å². The van der Waals surface area contributed by atoms with Crippen molar-refractivity contribution in [1.82, 2.24) is 14.7 Å². The number of amides is 1. The first-order valence-corrected chi connectivity index (χ1v) is 6.94. The number of aryl methyl sites for hydroxylation is 2. The van der Waals surface area contributed by atoms with E-state index in [9.17, 15) is 9.90 Å². The van der Waals surface area contributed by atoms with E-state index in [1.54, 1.807) is 11.6 Å². The lowest BCUT2D eigenvalue weighted by Crippen LogP contribution is -2.44. The molecule has 0 bridgehead atoms. The first kappa shape index (κ1) is 14.1.